The van der Waals surface area contributed by atoms with E-state index < -0.39 is 0 Å². The Balaban J connectivity index is 1.56. The molecule has 0 aliphatic carbocycles. The average Bonchev–Trinajstić information content (AvgIpc) is 3.16. The number of fused-ring (bicyclic) bond motifs is 1. The van der Waals surface area contributed by atoms with Gasteiger partial charge in [-0.3, -0.25) is 14.2 Å². The topological polar surface area (TPSA) is 81.8 Å². The molecule has 2 aromatic carbocycles. The molecule has 0 aliphatic rings. The van der Waals surface area contributed by atoms with E-state index >= 15 is 0 Å². The van der Waals surface area contributed by atoms with Crippen LogP contribution < -0.4 is 10.9 Å². The third-order valence-corrected chi connectivity index (χ3v) is 4.62. The van der Waals surface area contributed by atoms with Crippen LogP contribution in [0.25, 0.3) is 16.7 Å². The molecule has 1 N–H and O–H groups in total. The minimum absolute atomic E-state index is 0.152. The van der Waals surface area contributed by atoms with E-state index in [9.17, 15) is 14.0 Å². The van der Waals surface area contributed by atoms with Crippen molar-refractivity contribution in [2.45, 2.75) is 19.5 Å². The maximum absolute atomic E-state index is 13.1. The Morgan fingerprint density at radius 2 is 1.86 bits per heavy atom. The van der Waals surface area contributed by atoms with E-state index in [4.69, 9.17) is 0 Å². The first-order chi connectivity index (χ1) is 14.0. The Morgan fingerprint density at radius 3 is 2.59 bits per heavy atom. The van der Waals surface area contributed by atoms with Gasteiger partial charge in [0.2, 0.25) is 5.91 Å². The van der Waals surface area contributed by atoms with Crippen LogP contribution in [0, 0.1) is 5.82 Å². The molecular weight excluding hydrogens is 373 g/mol. The van der Waals surface area contributed by atoms with Crippen molar-refractivity contribution in [1.29, 1.82) is 0 Å². The first-order valence-corrected chi connectivity index (χ1v) is 9.06. The number of nitrogens with zero attached hydrogens (tertiary/aromatic N) is 4. The second-order valence-electron chi connectivity index (χ2n) is 6.65. The highest BCUT2D eigenvalue weighted by molar-refractivity contribution is 5.78. The smallest absolute Gasteiger partial charge is 0.264 e. The maximum Gasteiger partial charge on any atom is 0.264 e. The van der Waals surface area contributed by atoms with E-state index in [0.717, 1.165) is 5.56 Å². The fourth-order valence-electron chi connectivity index (χ4n) is 3.10. The van der Waals surface area contributed by atoms with Gasteiger partial charge >= 0.3 is 0 Å². The number of carbonyl (C=O) groups is 1. The molecule has 146 valence electrons. The molecule has 0 spiro atoms. The molecule has 0 radical (unpaired) electrons. The molecule has 1 amide bonds. The molecular formula is C21H18FN5O2. The monoisotopic (exact) mass is 391 g/mol. The fraction of sp³-hybridized carbons (Fsp3) is 0.143. The minimum Gasteiger partial charge on any atom is -0.348 e. The van der Waals surface area contributed by atoms with E-state index in [1.54, 1.807) is 12.1 Å². The highest BCUT2D eigenvalue weighted by Gasteiger charge is 2.15. The summed E-state index contributed by atoms with van der Waals surface area (Å²) in [6.07, 6.45) is 2.72. The van der Waals surface area contributed by atoms with Gasteiger partial charge in [0, 0.05) is 0 Å². The Bertz CT molecular complexity index is 1220. The zero-order chi connectivity index (χ0) is 20.4. The van der Waals surface area contributed by atoms with Gasteiger partial charge in [-0.2, -0.15) is 5.10 Å². The molecule has 0 fully saturated rings. The number of nitrogens with one attached hydrogen (secondary N) is 1. The van der Waals surface area contributed by atoms with E-state index in [1.165, 1.54) is 33.9 Å². The summed E-state index contributed by atoms with van der Waals surface area (Å²) >= 11 is 0. The number of benzene rings is 2. The van der Waals surface area contributed by atoms with Gasteiger partial charge in [-0.25, -0.2) is 14.1 Å². The Kier molecular flexibility index (Phi) is 4.90. The van der Waals surface area contributed by atoms with E-state index in [0.29, 0.717) is 11.3 Å². The Morgan fingerprint density at radius 1 is 1.14 bits per heavy atom. The van der Waals surface area contributed by atoms with Crippen LogP contribution in [-0.4, -0.2) is 25.2 Å². The van der Waals surface area contributed by atoms with Crippen molar-refractivity contribution in [3.8, 4) is 5.69 Å². The molecule has 1 atom stereocenters. The zero-order valence-electron chi connectivity index (χ0n) is 15.6. The van der Waals surface area contributed by atoms with Gasteiger partial charge in [-0.15, -0.1) is 0 Å². The van der Waals surface area contributed by atoms with Crippen molar-refractivity contribution in [2.24, 2.45) is 0 Å². The van der Waals surface area contributed by atoms with Gasteiger partial charge in [0.1, 0.15) is 24.1 Å². The summed E-state index contributed by atoms with van der Waals surface area (Å²) in [5.74, 6) is -0.660. The molecule has 2 aromatic heterocycles. The van der Waals surface area contributed by atoms with Crippen LogP contribution >= 0.6 is 0 Å². The van der Waals surface area contributed by atoms with Gasteiger partial charge in [-0.1, -0.05) is 30.3 Å². The van der Waals surface area contributed by atoms with Crippen molar-refractivity contribution in [2.75, 3.05) is 0 Å². The largest absolute Gasteiger partial charge is 0.348 e. The van der Waals surface area contributed by atoms with Crippen LogP contribution in [0.5, 0.6) is 0 Å². The van der Waals surface area contributed by atoms with Crippen molar-refractivity contribution < 1.29 is 9.18 Å². The van der Waals surface area contributed by atoms with Crippen LogP contribution in [0.2, 0.25) is 0 Å². The molecule has 0 saturated carbocycles. The van der Waals surface area contributed by atoms with Gasteiger partial charge in [0.05, 0.1) is 17.9 Å². The lowest BCUT2D eigenvalue weighted by atomic mass is 10.1. The lowest BCUT2D eigenvalue weighted by molar-refractivity contribution is -0.122. The fourth-order valence-corrected chi connectivity index (χ4v) is 3.10. The molecule has 8 heteroatoms. The predicted octanol–water partition coefficient (Wildman–Crippen LogP) is 2.60. The highest BCUT2D eigenvalue weighted by atomic mass is 19.1. The first kappa shape index (κ1) is 18.5. The van der Waals surface area contributed by atoms with E-state index in [2.05, 4.69) is 15.4 Å². The van der Waals surface area contributed by atoms with Gasteiger partial charge in [0.25, 0.3) is 5.56 Å². The second kappa shape index (κ2) is 7.67. The number of rotatable bonds is 5. The van der Waals surface area contributed by atoms with Crippen LogP contribution in [-0.2, 0) is 11.3 Å². The first-order valence-electron chi connectivity index (χ1n) is 9.06. The second-order valence-corrected chi connectivity index (χ2v) is 6.65. The number of hydrogen-bond donors (Lipinski definition) is 1. The number of carbonyl (C=O) groups excluding carboxylic acids is 1. The lowest BCUT2D eigenvalue weighted by Crippen LogP contribution is -2.33. The molecule has 4 rings (SSSR count). The van der Waals surface area contributed by atoms with Crippen LogP contribution in [0.3, 0.4) is 0 Å². The summed E-state index contributed by atoms with van der Waals surface area (Å²) in [5.41, 5.74) is 1.53. The van der Waals surface area contributed by atoms with Crippen molar-refractivity contribution in [3.05, 3.63) is 88.9 Å². The summed E-state index contributed by atoms with van der Waals surface area (Å²) in [7, 11) is 0. The highest BCUT2D eigenvalue weighted by Crippen LogP contribution is 2.14. The Hall–Kier alpha value is -3.81. The quantitative estimate of drug-likeness (QED) is 0.567. The summed E-state index contributed by atoms with van der Waals surface area (Å²) in [4.78, 5) is 29.4. The summed E-state index contributed by atoms with van der Waals surface area (Å²) in [5, 5.41) is 7.33. The van der Waals surface area contributed by atoms with Gasteiger partial charge in [0.15, 0.2) is 5.65 Å². The molecule has 4 aromatic rings. The molecule has 0 saturated heterocycles. The van der Waals surface area contributed by atoms with Crippen molar-refractivity contribution >= 4 is 16.9 Å². The zero-order valence-corrected chi connectivity index (χ0v) is 15.6. The summed E-state index contributed by atoms with van der Waals surface area (Å²) in [6.45, 7) is 1.73. The summed E-state index contributed by atoms with van der Waals surface area (Å²) in [6, 6.07) is 15.1. The maximum atomic E-state index is 13.1. The SMILES string of the molecule is C[C@H](NC(=O)Cn1cnc2c(cnn2-c2ccc(F)cc2)c1=O)c1ccccc1. The van der Waals surface area contributed by atoms with E-state index in [1.807, 2.05) is 37.3 Å². The number of halogens is 1. The molecule has 0 aliphatic heterocycles. The third kappa shape index (κ3) is 3.77. The molecule has 29 heavy (non-hydrogen) atoms. The predicted molar refractivity (Wildman–Crippen MR) is 106 cm³/mol. The van der Waals surface area contributed by atoms with Gasteiger partial charge < -0.3 is 5.32 Å². The standard InChI is InChI=1S/C21H18FN5O2/c1-14(15-5-3-2-4-6-15)25-19(28)12-26-13-23-20-18(21(26)29)11-24-27(20)17-9-7-16(22)8-10-17/h2-11,13-14H,12H2,1H3,(H,25,28)/t14-/m0/s1. The number of aromatic nitrogens is 4. The minimum atomic E-state index is -0.370. The summed E-state index contributed by atoms with van der Waals surface area (Å²) < 4.78 is 15.8. The third-order valence-electron chi connectivity index (χ3n) is 4.62. The normalized spacial score (nSPS) is 12.1. The van der Waals surface area contributed by atoms with Crippen molar-refractivity contribution in [1.82, 2.24) is 24.6 Å². The van der Waals surface area contributed by atoms with E-state index in [-0.39, 0.29) is 35.3 Å². The van der Waals surface area contributed by atoms with Crippen molar-refractivity contribution in [3.63, 3.8) is 0 Å². The molecule has 7 nitrogen and oxygen atoms in total. The molecule has 0 unspecified atom stereocenters. The average molecular weight is 391 g/mol. The Labute approximate surface area is 165 Å². The molecule has 2 heterocycles. The van der Waals surface area contributed by atoms with Gasteiger partial charge in [-0.05, 0) is 36.8 Å². The molecule has 0 bridgehead atoms. The van der Waals surface area contributed by atoms with Crippen LogP contribution in [0.4, 0.5) is 4.39 Å². The lowest BCUT2D eigenvalue weighted by Gasteiger charge is -2.14. The number of amides is 1. The number of hydrogen-bond acceptors (Lipinski definition) is 4. The van der Waals surface area contributed by atoms with Crippen LogP contribution in [0.1, 0.15) is 18.5 Å². The van der Waals surface area contributed by atoms with Crippen LogP contribution in [0.15, 0.2) is 71.9 Å².